The molecule has 0 atom stereocenters. The molecule has 0 saturated carbocycles. The van der Waals surface area contributed by atoms with Crippen LogP contribution in [0.15, 0.2) is 11.4 Å². The number of carbonyl (C=O) groups excluding carboxylic acids is 1. The van der Waals surface area contributed by atoms with Crippen molar-refractivity contribution < 1.29 is 14.3 Å². The number of carbonyl (C=O) groups is 1. The molecule has 5 heteroatoms. The third-order valence-corrected chi connectivity index (χ3v) is 3.80. The van der Waals surface area contributed by atoms with E-state index >= 15 is 0 Å². The van der Waals surface area contributed by atoms with Gasteiger partial charge in [-0.05, 0) is 23.9 Å². The van der Waals surface area contributed by atoms with Gasteiger partial charge in [-0.1, -0.05) is 0 Å². The predicted octanol–water partition coefficient (Wildman–Crippen LogP) is 1.66. The number of hydrogen-bond acceptors (Lipinski definition) is 5. The van der Waals surface area contributed by atoms with Crippen molar-refractivity contribution in [1.29, 1.82) is 0 Å². The molecule has 16 heavy (non-hydrogen) atoms. The lowest BCUT2D eigenvalue weighted by molar-refractivity contribution is -0.180. The summed E-state index contributed by atoms with van der Waals surface area (Å²) in [4.78, 5) is 11.6. The van der Waals surface area contributed by atoms with Crippen molar-refractivity contribution >= 4 is 22.3 Å². The summed E-state index contributed by atoms with van der Waals surface area (Å²) in [6.07, 6.45) is 0. The molecule has 1 aromatic rings. The Labute approximate surface area is 98.6 Å². The van der Waals surface area contributed by atoms with Crippen molar-refractivity contribution in [1.82, 2.24) is 0 Å². The van der Waals surface area contributed by atoms with E-state index in [0.717, 1.165) is 5.00 Å². The lowest BCUT2D eigenvalue weighted by Crippen LogP contribution is -2.54. The van der Waals surface area contributed by atoms with E-state index in [1.807, 2.05) is 12.3 Å². The van der Waals surface area contributed by atoms with Crippen LogP contribution in [0.25, 0.3) is 0 Å². The molecule has 0 unspecified atom stereocenters. The summed E-state index contributed by atoms with van der Waals surface area (Å²) in [6, 6.07) is 2.05. The molecule has 4 nitrogen and oxygen atoms in total. The number of methoxy groups -OCH3 is 1. The lowest BCUT2D eigenvalue weighted by atomic mass is 9.86. The maximum absolute atomic E-state index is 11.6. The molecule has 88 valence electrons. The minimum atomic E-state index is -0.495. The van der Waals surface area contributed by atoms with Crippen molar-refractivity contribution in [3.05, 3.63) is 17.0 Å². The van der Waals surface area contributed by atoms with Crippen LogP contribution in [-0.4, -0.2) is 32.8 Å². The van der Waals surface area contributed by atoms with Gasteiger partial charge < -0.3 is 14.8 Å². The Hall–Kier alpha value is -1.07. The average Bonchev–Trinajstić information content (AvgIpc) is 2.62. The van der Waals surface area contributed by atoms with Crippen molar-refractivity contribution in [2.24, 2.45) is 5.41 Å². The SMILES string of the molecule is COC(=O)C1(CNc2sccc2C)COC1. The number of anilines is 1. The fourth-order valence-corrected chi connectivity index (χ4v) is 2.48. The Morgan fingerprint density at radius 2 is 2.44 bits per heavy atom. The van der Waals surface area contributed by atoms with Gasteiger partial charge in [0, 0.05) is 6.54 Å². The quantitative estimate of drug-likeness (QED) is 0.814. The van der Waals surface area contributed by atoms with Crippen LogP contribution in [-0.2, 0) is 14.3 Å². The van der Waals surface area contributed by atoms with Crippen molar-refractivity contribution in [3.8, 4) is 0 Å². The first-order chi connectivity index (χ1) is 7.68. The zero-order valence-corrected chi connectivity index (χ0v) is 10.2. The van der Waals surface area contributed by atoms with Crippen LogP contribution in [0.1, 0.15) is 5.56 Å². The number of esters is 1. The molecule has 0 radical (unpaired) electrons. The fourth-order valence-electron chi connectivity index (χ4n) is 1.66. The number of hydrogen-bond donors (Lipinski definition) is 1. The van der Waals surface area contributed by atoms with Gasteiger partial charge in [0.05, 0.1) is 25.3 Å². The molecular formula is C11H15NO3S. The second-order valence-corrected chi connectivity index (χ2v) is 4.97. The van der Waals surface area contributed by atoms with Crippen LogP contribution in [0, 0.1) is 12.3 Å². The highest BCUT2D eigenvalue weighted by Gasteiger charge is 2.47. The van der Waals surface area contributed by atoms with E-state index in [9.17, 15) is 4.79 Å². The van der Waals surface area contributed by atoms with Gasteiger partial charge >= 0.3 is 5.97 Å². The molecule has 1 fully saturated rings. The zero-order valence-electron chi connectivity index (χ0n) is 9.41. The normalized spacial score (nSPS) is 17.6. The van der Waals surface area contributed by atoms with Gasteiger partial charge in [0.25, 0.3) is 0 Å². The van der Waals surface area contributed by atoms with Crippen LogP contribution >= 0.6 is 11.3 Å². The van der Waals surface area contributed by atoms with Gasteiger partial charge in [0.15, 0.2) is 0 Å². The van der Waals surface area contributed by atoms with Crippen LogP contribution in [0.5, 0.6) is 0 Å². The number of rotatable bonds is 4. The molecule has 1 aliphatic rings. The maximum Gasteiger partial charge on any atom is 0.318 e. The van der Waals surface area contributed by atoms with E-state index in [2.05, 4.69) is 11.4 Å². The van der Waals surface area contributed by atoms with Gasteiger partial charge in [-0.15, -0.1) is 11.3 Å². The molecule has 0 aromatic carbocycles. The van der Waals surface area contributed by atoms with Gasteiger partial charge in [-0.2, -0.15) is 0 Å². The van der Waals surface area contributed by atoms with E-state index in [-0.39, 0.29) is 5.97 Å². The molecule has 1 aromatic heterocycles. The Bertz CT molecular complexity index is 384. The standard InChI is InChI=1S/C11H15NO3S/c1-8-3-4-16-9(8)12-5-11(6-15-7-11)10(13)14-2/h3-4,12H,5-7H2,1-2H3. The van der Waals surface area contributed by atoms with Gasteiger partial charge in [0.1, 0.15) is 5.41 Å². The third-order valence-electron chi connectivity index (χ3n) is 2.82. The highest BCUT2D eigenvalue weighted by molar-refractivity contribution is 7.14. The fraction of sp³-hybridized carbons (Fsp3) is 0.545. The summed E-state index contributed by atoms with van der Waals surface area (Å²) in [5.74, 6) is -0.194. The average molecular weight is 241 g/mol. The summed E-state index contributed by atoms with van der Waals surface area (Å²) in [7, 11) is 1.42. The Kier molecular flexibility index (Phi) is 3.16. The van der Waals surface area contributed by atoms with Crippen LogP contribution in [0.2, 0.25) is 0 Å². The molecule has 2 rings (SSSR count). The molecule has 2 heterocycles. The predicted molar refractivity (Wildman–Crippen MR) is 62.8 cm³/mol. The van der Waals surface area contributed by atoms with E-state index < -0.39 is 5.41 Å². The van der Waals surface area contributed by atoms with Crippen molar-refractivity contribution in [2.75, 3.05) is 32.2 Å². The molecule has 0 aliphatic carbocycles. The highest BCUT2D eigenvalue weighted by Crippen LogP contribution is 2.31. The third kappa shape index (κ3) is 1.92. The first-order valence-electron chi connectivity index (χ1n) is 5.12. The summed E-state index contributed by atoms with van der Waals surface area (Å²) in [5, 5.41) is 6.42. The highest BCUT2D eigenvalue weighted by atomic mass is 32.1. The number of ether oxygens (including phenoxy) is 2. The Morgan fingerprint density at radius 1 is 1.69 bits per heavy atom. The first kappa shape index (κ1) is 11.4. The number of thiophene rings is 1. The van der Waals surface area contributed by atoms with E-state index in [1.54, 1.807) is 11.3 Å². The van der Waals surface area contributed by atoms with Gasteiger partial charge in [-0.3, -0.25) is 4.79 Å². The second kappa shape index (κ2) is 4.43. The summed E-state index contributed by atoms with van der Waals surface area (Å²) in [6.45, 7) is 3.50. The van der Waals surface area contributed by atoms with Crippen molar-refractivity contribution in [3.63, 3.8) is 0 Å². The topological polar surface area (TPSA) is 47.6 Å². The zero-order chi connectivity index (χ0) is 11.6. The minimum absolute atomic E-state index is 0.194. The molecule has 0 spiro atoms. The Morgan fingerprint density at radius 3 is 2.88 bits per heavy atom. The summed E-state index contributed by atoms with van der Waals surface area (Å²) < 4.78 is 9.93. The number of aryl methyl sites for hydroxylation is 1. The largest absolute Gasteiger partial charge is 0.468 e. The molecule has 1 saturated heterocycles. The van der Waals surface area contributed by atoms with Gasteiger partial charge in [-0.25, -0.2) is 0 Å². The monoisotopic (exact) mass is 241 g/mol. The van der Waals surface area contributed by atoms with Gasteiger partial charge in [0.2, 0.25) is 0 Å². The Balaban J connectivity index is 1.98. The van der Waals surface area contributed by atoms with Crippen LogP contribution in [0.3, 0.4) is 0 Å². The summed E-state index contributed by atoms with van der Waals surface area (Å²) >= 11 is 1.64. The number of nitrogens with one attached hydrogen (secondary N) is 1. The van der Waals surface area contributed by atoms with Crippen LogP contribution < -0.4 is 5.32 Å². The molecular weight excluding hydrogens is 226 g/mol. The lowest BCUT2D eigenvalue weighted by Gasteiger charge is -2.38. The van der Waals surface area contributed by atoms with E-state index in [0.29, 0.717) is 19.8 Å². The maximum atomic E-state index is 11.6. The first-order valence-corrected chi connectivity index (χ1v) is 6.00. The minimum Gasteiger partial charge on any atom is -0.468 e. The molecule has 1 aliphatic heterocycles. The summed E-state index contributed by atoms with van der Waals surface area (Å²) in [5.41, 5.74) is 0.704. The molecule has 1 N–H and O–H groups in total. The molecule has 0 amide bonds. The smallest absolute Gasteiger partial charge is 0.318 e. The van der Waals surface area contributed by atoms with E-state index in [4.69, 9.17) is 9.47 Å². The van der Waals surface area contributed by atoms with E-state index in [1.165, 1.54) is 12.7 Å². The molecule has 0 bridgehead atoms. The van der Waals surface area contributed by atoms with Crippen molar-refractivity contribution in [2.45, 2.75) is 6.92 Å². The van der Waals surface area contributed by atoms with Crippen LogP contribution in [0.4, 0.5) is 5.00 Å². The second-order valence-electron chi connectivity index (χ2n) is 4.05.